The average Bonchev–Trinajstić information content (AvgIpc) is 2.81. The summed E-state index contributed by atoms with van der Waals surface area (Å²) in [7, 11) is 0. The number of imide groups is 1. The summed E-state index contributed by atoms with van der Waals surface area (Å²) in [5, 5.41) is 9.97. The van der Waals surface area contributed by atoms with Crippen molar-refractivity contribution in [3.63, 3.8) is 0 Å². The molecule has 2 amide bonds. The number of fused-ring (bicyclic) bond motifs is 2. The number of aliphatic hydroxyl groups is 1. The van der Waals surface area contributed by atoms with Crippen LogP contribution in [0, 0.1) is 17.8 Å². The van der Waals surface area contributed by atoms with Gasteiger partial charge in [0.15, 0.2) is 0 Å². The maximum absolute atomic E-state index is 12.2. The second kappa shape index (κ2) is 4.65. The lowest BCUT2D eigenvalue weighted by atomic mass is 9.85. The van der Waals surface area contributed by atoms with Gasteiger partial charge in [-0.1, -0.05) is 12.8 Å². The maximum atomic E-state index is 12.2. The summed E-state index contributed by atoms with van der Waals surface area (Å²) >= 11 is 0. The van der Waals surface area contributed by atoms with Gasteiger partial charge in [-0.25, -0.2) is 0 Å². The quantitative estimate of drug-likeness (QED) is 0.753. The Kier molecular flexibility index (Phi) is 3.14. The third kappa shape index (κ3) is 1.96. The molecule has 4 nitrogen and oxygen atoms in total. The number of hydrogen-bond donors (Lipinski definition) is 1. The number of carbonyl (C=O) groups excluding carboxylic acids is 2. The second-order valence-electron chi connectivity index (χ2n) is 6.11. The predicted octanol–water partition coefficient (Wildman–Crippen LogP) is 1.32. The molecule has 4 heteroatoms. The van der Waals surface area contributed by atoms with E-state index in [0.29, 0.717) is 6.54 Å². The fourth-order valence-corrected chi connectivity index (χ4v) is 3.79. The van der Waals surface area contributed by atoms with Crippen LogP contribution in [-0.4, -0.2) is 34.5 Å². The zero-order valence-corrected chi connectivity index (χ0v) is 10.7. The first kappa shape index (κ1) is 12.2. The van der Waals surface area contributed by atoms with E-state index < -0.39 is 0 Å². The van der Waals surface area contributed by atoms with Crippen molar-refractivity contribution in [3.8, 4) is 0 Å². The van der Waals surface area contributed by atoms with Crippen molar-refractivity contribution in [2.24, 2.45) is 17.8 Å². The Morgan fingerprint density at radius 1 is 1.00 bits per heavy atom. The van der Waals surface area contributed by atoms with Crippen LogP contribution in [0.25, 0.3) is 0 Å². The average molecular weight is 251 g/mol. The van der Waals surface area contributed by atoms with E-state index in [9.17, 15) is 14.7 Å². The second-order valence-corrected chi connectivity index (χ2v) is 6.11. The summed E-state index contributed by atoms with van der Waals surface area (Å²) in [6.07, 6.45) is 6.09. The molecule has 0 aromatic rings. The first-order valence-corrected chi connectivity index (χ1v) is 7.20. The van der Waals surface area contributed by atoms with Crippen LogP contribution in [0.15, 0.2) is 0 Å². The van der Waals surface area contributed by atoms with Gasteiger partial charge in [0.05, 0.1) is 6.10 Å². The smallest absolute Gasteiger partial charge is 0.232 e. The minimum Gasteiger partial charge on any atom is -0.393 e. The molecule has 1 heterocycles. The van der Waals surface area contributed by atoms with Crippen molar-refractivity contribution in [1.29, 1.82) is 0 Å². The van der Waals surface area contributed by atoms with Crippen molar-refractivity contribution in [2.45, 2.75) is 51.0 Å². The third-order valence-electron chi connectivity index (χ3n) is 4.95. The molecule has 2 saturated carbocycles. The molecular weight excluding hydrogens is 230 g/mol. The summed E-state index contributed by atoms with van der Waals surface area (Å²) in [5.74, 6) is 0.295. The Morgan fingerprint density at radius 2 is 1.61 bits per heavy atom. The van der Waals surface area contributed by atoms with Crippen LogP contribution in [-0.2, 0) is 9.59 Å². The third-order valence-corrected chi connectivity index (χ3v) is 4.95. The van der Waals surface area contributed by atoms with Crippen molar-refractivity contribution < 1.29 is 14.7 Å². The number of rotatable bonds is 2. The minimum atomic E-state index is -0.334. The van der Waals surface area contributed by atoms with E-state index in [1.54, 1.807) is 0 Å². The first-order chi connectivity index (χ1) is 8.66. The van der Waals surface area contributed by atoms with Crippen LogP contribution in [0.3, 0.4) is 0 Å². The number of hydrogen-bond acceptors (Lipinski definition) is 3. The van der Waals surface area contributed by atoms with Gasteiger partial charge in [0, 0.05) is 24.3 Å². The summed E-state index contributed by atoms with van der Waals surface area (Å²) in [4.78, 5) is 25.9. The molecule has 100 valence electrons. The number of aliphatic hydroxyl groups excluding tert-OH is 1. The van der Waals surface area contributed by atoms with Crippen LogP contribution in [0.4, 0.5) is 0 Å². The largest absolute Gasteiger partial charge is 0.393 e. The number of piperidine rings is 1. The Morgan fingerprint density at radius 3 is 2.22 bits per heavy atom. The molecule has 1 N–H and O–H groups in total. The van der Waals surface area contributed by atoms with E-state index in [4.69, 9.17) is 0 Å². The van der Waals surface area contributed by atoms with Crippen LogP contribution in [0.2, 0.25) is 0 Å². The standard InChI is InChI=1S/C14H21NO3/c16-12-4-2-1-3-11(12)8-15-13(17)9-5-6-10(7-9)14(15)18/h9-12,16H,1-8H2. The van der Waals surface area contributed by atoms with Crippen LogP contribution >= 0.6 is 0 Å². The van der Waals surface area contributed by atoms with Crippen molar-refractivity contribution in [1.82, 2.24) is 4.90 Å². The minimum absolute atomic E-state index is 0.0199. The van der Waals surface area contributed by atoms with E-state index in [0.717, 1.165) is 44.9 Å². The molecule has 3 fully saturated rings. The van der Waals surface area contributed by atoms with E-state index in [1.807, 2.05) is 0 Å². The Bertz CT molecular complexity index is 346. The molecule has 2 bridgehead atoms. The van der Waals surface area contributed by atoms with Gasteiger partial charge < -0.3 is 5.11 Å². The molecule has 3 rings (SSSR count). The summed E-state index contributed by atoms with van der Waals surface area (Å²) in [5.41, 5.74) is 0. The molecule has 1 saturated heterocycles. The van der Waals surface area contributed by atoms with Gasteiger partial charge in [-0.15, -0.1) is 0 Å². The lowest BCUT2D eigenvalue weighted by molar-refractivity contribution is -0.154. The summed E-state index contributed by atoms with van der Waals surface area (Å²) in [6.45, 7) is 0.450. The van der Waals surface area contributed by atoms with Crippen LogP contribution < -0.4 is 0 Å². The Balaban J connectivity index is 1.71. The van der Waals surface area contributed by atoms with Gasteiger partial charge in [-0.2, -0.15) is 0 Å². The molecule has 1 aliphatic heterocycles. The number of likely N-dealkylation sites (tertiary alicyclic amines) is 1. The van der Waals surface area contributed by atoms with Crippen LogP contribution in [0.5, 0.6) is 0 Å². The fraction of sp³-hybridized carbons (Fsp3) is 0.857. The van der Waals surface area contributed by atoms with Gasteiger partial charge in [-0.3, -0.25) is 14.5 Å². The normalized spacial score (nSPS) is 40.4. The molecule has 2 aliphatic carbocycles. The molecular formula is C14H21NO3. The summed E-state index contributed by atoms with van der Waals surface area (Å²) in [6, 6.07) is 0. The highest BCUT2D eigenvalue weighted by molar-refractivity contribution is 6.00. The molecule has 0 spiro atoms. The fourth-order valence-electron chi connectivity index (χ4n) is 3.79. The number of carbonyl (C=O) groups is 2. The van der Waals surface area contributed by atoms with Gasteiger partial charge >= 0.3 is 0 Å². The predicted molar refractivity (Wildman–Crippen MR) is 65.5 cm³/mol. The number of nitrogens with zero attached hydrogens (tertiary/aromatic N) is 1. The topological polar surface area (TPSA) is 57.6 Å². The van der Waals surface area contributed by atoms with Crippen LogP contribution in [0.1, 0.15) is 44.9 Å². The lowest BCUT2D eigenvalue weighted by Gasteiger charge is -2.35. The highest BCUT2D eigenvalue weighted by Gasteiger charge is 2.46. The van der Waals surface area contributed by atoms with E-state index >= 15 is 0 Å². The van der Waals surface area contributed by atoms with Gasteiger partial charge in [-0.05, 0) is 32.1 Å². The molecule has 4 atom stereocenters. The molecule has 18 heavy (non-hydrogen) atoms. The highest BCUT2D eigenvalue weighted by Crippen LogP contribution is 2.39. The Labute approximate surface area is 107 Å². The monoisotopic (exact) mass is 251 g/mol. The van der Waals surface area contributed by atoms with Gasteiger partial charge in [0.1, 0.15) is 0 Å². The zero-order valence-electron chi connectivity index (χ0n) is 10.7. The SMILES string of the molecule is O=C1C2CCC(C2)C(=O)N1CC1CCCCC1O. The van der Waals surface area contributed by atoms with Crippen molar-refractivity contribution in [2.75, 3.05) is 6.54 Å². The highest BCUT2D eigenvalue weighted by atomic mass is 16.3. The first-order valence-electron chi connectivity index (χ1n) is 7.20. The maximum Gasteiger partial charge on any atom is 0.232 e. The zero-order chi connectivity index (χ0) is 12.7. The Hall–Kier alpha value is -0.900. The molecule has 0 radical (unpaired) electrons. The molecule has 0 aromatic heterocycles. The molecule has 4 unspecified atom stereocenters. The van der Waals surface area contributed by atoms with Gasteiger partial charge in [0.25, 0.3) is 0 Å². The molecule has 3 aliphatic rings. The number of amides is 2. The summed E-state index contributed by atoms with van der Waals surface area (Å²) < 4.78 is 0. The van der Waals surface area contributed by atoms with Gasteiger partial charge in [0.2, 0.25) is 11.8 Å². The van der Waals surface area contributed by atoms with E-state index in [2.05, 4.69) is 0 Å². The lowest BCUT2D eigenvalue weighted by Crippen LogP contribution is -2.50. The van der Waals surface area contributed by atoms with E-state index in [-0.39, 0.29) is 35.7 Å². The van der Waals surface area contributed by atoms with Crippen molar-refractivity contribution in [3.05, 3.63) is 0 Å². The molecule has 0 aromatic carbocycles. The van der Waals surface area contributed by atoms with E-state index in [1.165, 1.54) is 4.90 Å². The van der Waals surface area contributed by atoms with Crippen molar-refractivity contribution >= 4 is 11.8 Å².